The van der Waals surface area contributed by atoms with Gasteiger partial charge in [0, 0.05) is 19.7 Å². The van der Waals surface area contributed by atoms with Gasteiger partial charge in [-0.2, -0.15) is 0 Å². The Morgan fingerprint density at radius 1 is 1.36 bits per heavy atom. The summed E-state index contributed by atoms with van der Waals surface area (Å²) in [5.41, 5.74) is 1.05. The number of rotatable bonds is 5. The second-order valence-corrected chi connectivity index (χ2v) is 6.47. The summed E-state index contributed by atoms with van der Waals surface area (Å²) in [6.07, 6.45) is 6.18. The number of hydrogen-bond donors (Lipinski definition) is 0. The van der Waals surface area contributed by atoms with Crippen molar-refractivity contribution < 1.29 is 13.9 Å². The van der Waals surface area contributed by atoms with Gasteiger partial charge in [0.15, 0.2) is 11.6 Å². The van der Waals surface area contributed by atoms with Crippen LogP contribution in [0.2, 0.25) is 0 Å². The maximum Gasteiger partial charge on any atom is 0.165 e. The van der Waals surface area contributed by atoms with E-state index in [0.29, 0.717) is 11.9 Å². The molecular weight excluding hydrogens is 281 g/mol. The Morgan fingerprint density at radius 3 is 3.09 bits per heavy atom. The first-order valence-electron chi connectivity index (χ1n) is 8.42. The zero-order chi connectivity index (χ0) is 15.4. The van der Waals surface area contributed by atoms with Crippen molar-refractivity contribution in [3.8, 4) is 5.75 Å². The van der Waals surface area contributed by atoms with Crippen molar-refractivity contribution in [1.29, 1.82) is 0 Å². The molecule has 0 aromatic heterocycles. The van der Waals surface area contributed by atoms with Crippen LogP contribution in [-0.2, 0) is 11.2 Å². The van der Waals surface area contributed by atoms with Crippen molar-refractivity contribution in [2.75, 3.05) is 33.4 Å². The van der Waals surface area contributed by atoms with Gasteiger partial charge in [0.2, 0.25) is 0 Å². The van der Waals surface area contributed by atoms with E-state index >= 15 is 0 Å². The topological polar surface area (TPSA) is 21.7 Å². The van der Waals surface area contributed by atoms with Gasteiger partial charge in [-0.3, -0.25) is 0 Å². The molecule has 3 rings (SSSR count). The molecule has 122 valence electrons. The third-order valence-corrected chi connectivity index (χ3v) is 4.96. The predicted octanol–water partition coefficient (Wildman–Crippen LogP) is 3.27. The molecule has 2 atom stereocenters. The Balaban J connectivity index is 1.44. The number of benzene rings is 1. The molecule has 0 amide bonds. The van der Waals surface area contributed by atoms with Crippen molar-refractivity contribution in [2.24, 2.45) is 5.92 Å². The van der Waals surface area contributed by atoms with Gasteiger partial charge in [0.25, 0.3) is 0 Å². The van der Waals surface area contributed by atoms with E-state index in [9.17, 15) is 4.39 Å². The van der Waals surface area contributed by atoms with Crippen molar-refractivity contribution in [3.63, 3.8) is 0 Å². The van der Waals surface area contributed by atoms with Crippen LogP contribution in [0.1, 0.15) is 31.2 Å². The van der Waals surface area contributed by atoms with Crippen molar-refractivity contribution in [1.82, 2.24) is 4.90 Å². The first-order valence-corrected chi connectivity index (χ1v) is 8.42. The first kappa shape index (κ1) is 15.8. The lowest BCUT2D eigenvalue weighted by atomic mass is 9.88. The minimum absolute atomic E-state index is 0.264. The van der Waals surface area contributed by atoms with Gasteiger partial charge in [-0.25, -0.2) is 4.39 Å². The highest BCUT2D eigenvalue weighted by atomic mass is 19.1. The number of ether oxygens (including phenoxy) is 2. The third kappa shape index (κ3) is 3.79. The molecule has 2 aliphatic heterocycles. The quantitative estimate of drug-likeness (QED) is 0.833. The van der Waals surface area contributed by atoms with Gasteiger partial charge in [0.1, 0.15) is 0 Å². The number of piperidine rings is 1. The van der Waals surface area contributed by atoms with Gasteiger partial charge >= 0.3 is 0 Å². The van der Waals surface area contributed by atoms with E-state index in [-0.39, 0.29) is 5.82 Å². The van der Waals surface area contributed by atoms with Crippen molar-refractivity contribution in [3.05, 3.63) is 29.6 Å². The van der Waals surface area contributed by atoms with Gasteiger partial charge in [-0.1, -0.05) is 6.07 Å². The standard InChI is InChI=1S/C18H26FNO2/c1-21-18-7-6-14(12-16(18)19)4-2-9-20-10-8-17-15(13-20)5-3-11-22-17/h6-7,12,15,17H,2-5,8-11,13H2,1H3/t15-,17+/m0/s1. The molecule has 1 aromatic carbocycles. The summed E-state index contributed by atoms with van der Waals surface area (Å²) in [6, 6.07) is 5.28. The predicted molar refractivity (Wildman–Crippen MR) is 84.8 cm³/mol. The lowest BCUT2D eigenvalue weighted by Crippen LogP contribution is -2.46. The Labute approximate surface area is 132 Å². The highest BCUT2D eigenvalue weighted by molar-refractivity contribution is 5.29. The van der Waals surface area contributed by atoms with Crippen LogP contribution in [-0.4, -0.2) is 44.4 Å². The van der Waals surface area contributed by atoms with Crippen LogP contribution >= 0.6 is 0 Å². The smallest absolute Gasteiger partial charge is 0.165 e. The van der Waals surface area contributed by atoms with Crippen molar-refractivity contribution in [2.45, 2.75) is 38.2 Å². The van der Waals surface area contributed by atoms with Crippen LogP contribution in [0.25, 0.3) is 0 Å². The fraction of sp³-hybridized carbons (Fsp3) is 0.667. The Hall–Kier alpha value is -1.13. The van der Waals surface area contributed by atoms with Crippen LogP contribution in [0.15, 0.2) is 18.2 Å². The highest BCUT2D eigenvalue weighted by Gasteiger charge is 2.31. The second-order valence-electron chi connectivity index (χ2n) is 6.47. The SMILES string of the molecule is COc1ccc(CCCN2CC[C@H]3OCCC[C@H]3C2)cc1F. The molecule has 0 bridgehead atoms. The van der Waals surface area contributed by atoms with E-state index in [1.165, 1.54) is 32.9 Å². The molecule has 0 saturated carbocycles. The Morgan fingerprint density at radius 2 is 2.27 bits per heavy atom. The lowest BCUT2D eigenvalue weighted by Gasteiger charge is -2.41. The average Bonchev–Trinajstić information content (AvgIpc) is 2.55. The fourth-order valence-corrected chi connectivity index (χ4v) is 3.74. The van der Waals surface area contributed by atoms with Crippen LogP contribution in [0.4, 0.5) is 4.39 Å². The summed E-state index contributed by atoms with van der Waals surface area (Å²) in [6.45, 7) is 4.35. The number of fused-ring (bicyclic) bond motifs is 1. The number of hydrogen-bond acceptors (Lipinski definition) is 3. The summed E-state index contributed by atoms with van der Waals surface area (Å²) < 4.78 is 24.5. The lowest BCUT2D eigenvalue weighted by molar-refractivity contribution is -0.0661. The zero-order valence-electron chi connectivity index (χ0n) is 13.4. The highest BCUT2D eigenvalue weighted by Crippen LogP contribution is 2.28. The van der Waals surface area contributed by atoms with Gasteiger partial charge in [-0.05, 0) is 62.3 Å². The van der Waals surface area contributed by atoms with E-state index in [4.69, 9.17) is 9.47 Å². The second kappa shape index (κ2) is 7.42. The molecule has 22 heavy (non-hydrogen) atoms. The molecule has 0 N–H and O–H groups in total. The van der Waals surface area contributed by atoms with E-state index in [2.05, 4.69) is 4.90 Å². The number of aryl methyl sites for hydroxylation is 1. The maximum atomic E-state index is 13.7. The average molecular weight is 307 g/mol. The zero-order valence-corrected chi connectivity index (χ0v) is 13.4. The van der Waals surface area contributed by atoms with Gasteiger partial charge in [0.05, 0.1) is 13.2 Å². The molecular formula is C18H26FNO2. The minimum Gasteiger partial charge on any atom is -0.494 e. The Kier molecular flexibility index (Phi) is 5.32. The maximum absolute atomic E-state index is 13.7. The summed E-state index contributed by atoms with van der Waals surface area (Å²) in [4.78, 5) is 2.55. The molecule has 2 heterocycles. The number of methoxy groups -OCH3 is 1. The monoisotopic (exact) mass is 307 g/mol. The van der Waals surface area contributed by atoms with E-state index < -0.39 is 0 Å². The first-order chi connectivity index (χ1) is 10.8. The molecule has 1 aromatic rings. The van der Waals surface area contributed by atoms with E-state index in [1.54, 1.807) is 12.1 Å². The third-order valence-electron chi connectivity index (χ3n) is 4.96. The van der Waals surface area contributed by atoms with Crippen LogP contribution in [0, 0.1) is 11.7 Å². The molecule has 2 aliphatic rings. The van der Waals surface area contributed by atoms with Gasteiger partial charge < -0.3 is 14.4 Å². The van der Waals surface area contributed by atoms with E-state index in [0.717, 1.165) is 44.0 Å². The summed E-state index contributed by atoms with van der Waals surface area (Å²) in [5.74, 6) is 0.782. The molecule has 2 saturated heterocycles. The normalized spacial score (nSPS) is 25.7. The van der Waals surface area contributed by atoms with Crippen LogP contribution in [0.3, 0.4) is 0 Å². The van der Waals surface area contributed by atoms with E-state index in [1.807, 2.05) is 6.07 Å². The Bertz CT molecular complexity index is 494. The van der Waals surface area contributed by atoms with Gasteiger partial charge in [-0.15, -0.1) is 0 Å². The minimum atomic E-state index is -0.264. The summed E-state index contributed by atoms with van der Waals surface area (Å²) in [7, 11) is 1.50. The molecule has 4 heteroatoms. The summed E-state index contributed by atoms with van der Waals surface area (Å²) >= 11 is 0. The molecule has 3 nitrogen and oxygen atoms in total. The summed E-state index contributed by atoms with van der Waals surface area (Å²) in [5, 5.41) is 0. The van der Waals surface area contributed by atoms with Crippen LogP contribution in [0.5, 0.6) is 5.75 Å². The molecule has 0 spiro atoms. The molecule has 0 aliphatic carbocycles. The fourth-order valence-electron chi connectivity index (χ4n) is 3.74. The van der Waals surface area contributed by atoms with Crippen LogP contribution < -0.4 is 4.74 Å². The number of nitrogens with zero attached hydrogens (tertiary/aromatic N) is 1. The molecule has 0 unspecified atom stereocenters. The molecule has 0 radical (unpaired) electrons. The van der Waals surface area contributed by atoms with Crippen molar-refractivity contribution >= 4 is 0 Å². The largest absolute Gasteiger partial charge is 0.494 e. The number of likely N-dealkylation sites (tertiary alicyclic amines) is 1. The number of halogens is 1. The molecule has 2 fully saturated rings.